The third-order valence-corrected chi connectivity index (χ3v) is 4.84. The van der Waals surface area contributed by atoms with Crippen LogP contribution in [-0.4, -0.2) is 51.7 Å². The lowest BCUT2D eigenvalue weighted by molar-refractivity contribution is -0.0636. The van der Waals surface area contributed by atoms with E-state index in [0.717, 1.165) is 19.5 Å². The van der Waals surface area contributed by atoms with Gasteiger partial charge in [0.2, 0.25) is 0 Å². The van der Waals surface area contributed by atoms with E-state index in [1.807, 2.05) is 10.9 Å². The average Bonchev–Trinajstić information content (AvgIpc) is 3.09. The molecule has 0 bridgehead atoms. The third kappa shape index (κ3) is 3.30. The molecule has 3 heterocycles. The van der Waals surface area contributed by atoms with E-state index in [-0.39, 0.29) is 12.0 Å². The van der Waals surface area contributed by atoms with Gasteiger partial charge in [-0.15, -0.1) is 0 Å². The maximum Gasteiger partial charge on any atom is 0.0627 e. The van der Waals surface area contributed by atoms with Gasteiger partial charge in [0.05, 0.1) is 18.9 Å². The lowest BCUT2D eigenvalue weighted by Gasteiger charge is -2.36. The summed E-state index contributed by atoms with van der Waals surface area (Å²) in [6, 6.07) is 0.851. The summed E-state index contributed by atoms with van der Waals surface area (Å²) in [7, 11) is 0. The summed E-state index contributed by atoms with van der Waals surface area (Å²) in [6.07, 6.45) is 7.08. The number of likely N-dealkylation sites (tertiary alicyclic amines) is 1. The van der Waals surface area contributed by atoms with Gasteiger partial charge in [-0.1, -0.05) is 0 Å². The predicted molar refractivity (Wildman–Crippen MR) is 81.0 cm³/mol. The van der Waals surface area contributed by atoms with Crippen LogP contribution in [0.4, 0.5) is 0 Å². The number of hydrogen-bond acceptors (Lipinski definition) is 4. The summed E-state index contributed by atoms with van der Waals surface area (Å²) in [6.45, 7) is 7.73. The van der Waals surface area contributed by atoms with E-state index in [0.29, 0.717) is 25.3 Å². The van der Waals surface area contributed by atoms with Crippen molar-refractivity contribution in [1.29, 1.82) is 0 Å². The van der Waals surface area contributed by atoms with Crippen LogP contribution < -0.4 is 0 Å². The van der Waals surface area contributed by atoms with E-state index in [2.05, 4.69) is 30.0 Å². The SMILES string of the molecule is CC(C)n1cc(CN2CCC[C@@H]2[C@@H]2COCC[C@H]2O)cn1. The monoisotopic (exact) mass is 293 g/mol. The molecule has 0 amide bonds. The minimum atomic E-state index is -0.206. The molecule has 5 nitrogen and oxygen atoms in total. The Kier molecular flexibility index (Phi) is 4.62. The third-order valence-electron chi connectivity index (χ3n) is 4.84. The Hall–Kier alpha value is -0.910. The number of aliphatic hydroxyl groups excluding tert-OH is 1. The van der Waals surface area contributed by atoms with E-state index in [4.69, 9.17) is 4.74 Å². The molecule has 2 saturated heterocycles. The largest absolute Gasteiger partial charge is 0.393 e. The van der Waals surface area contributed by atoms with Crippen LogP contribution in [0.15, 0.2) is 12.4 Å². The van der Waals surface area contributed by atoms with Gasteiger partial charge in [0.15, 0.2) is 0 Å². The van der Waals surface area contributed by atoms with Gasteiger partial charge in [0, 0.05) is 42.9 Å². The highest BCUT2D eigenvalue weighted by Gasteiger charge is 2.37. The zero-order valence-corrected chi connectivity index (χ0v) is 13.1. The van der Waals surface area contributed by atoms with E-state index in [1.54, 1.807) is 0 Å². The molecule has 1 aromatic rings. The van der Waals surface area contributed by atoms with E-state index < -0.39 is 0 Å². The molecular formula is C16H27N3O2. The van der Waals surface area contributed by atoms with Crippen LogP contribution in [0.1, 0.15) is 44.7 Å². The molecule has 2 aliphatic rings. The predicted octanol–water partition coefficient (Wildman–Crippen LogP) is 1.83. The molecule has 3 rings (SSSR count). The van der Waals surface area contributed by atoms with E-state index in [1.165, 1.54) is 18.4 Å². The van der Waals surface area contributed by atoms with Crippen molar-refractivity contribution in [2.45, 2.75) is 57.8 Å². The Morgan fingerprint density at radius 3 is 3.00 bits per heavy atom. The van der Waals surface area contributed by atoms with E-state index in [9.17, 15) is 5.11 Å². The molecule has 1 aromatic heterocycles. The Balaban J connectivity index is 1.65. The molecular weight excluding hydrogens is 266 g/mol. The van der Waals surface area contributed by atoms with Crippen LogP contribution in [0, 0.1) is 5.92 Å². The highest BCUT2D eigenvalue weighted by atomic mass is 16.5. The number of aliphatic hydroxyl groups is 1. The first-order chi connectivity index (χ1) is 10.1. The minimum Gasteiger partial charge on any atom is -0.393 e. The van der Waals surface area contributed by atoms with Crippen molar-refractivity contribution in [1.82, 2.24) is 14.7 Å². The zero-order valence-electron chi connectivity index (χ0n) is 13.1. The summed E-state index contributed by atoms with van der Waals surface area (Å²) >= 11 is 0. The van der Waals surface area contributed by atoms with Crippen LogP contribution in [0.3, 0.4) is 0 Å². The first kappa shape index (κ1) is 15.0. The Bertz CT molecular complexity index is 460. The van der Waals surface area contributed by atoms with Crippen LogP contribution in [0.5, 0.6) is 0 Å². The molecule has 21 heavy (non-hydrogen) atoms. The Morgan fingerprint density at radius 2 is 2.29 bits per heavy atom. The average molecular weight is 293 g/mol. The Labute approximate surface area is 126 Å². The molecule has 1 N–H and O–H groups in total. The van der Waals surface area contributed by atoms with Gasteiger partial charge in [-0.3, -0.25) is 9.58 Å². The molecule has 118 valence electrons. The van der Waals surface area contributed by atoms with Crippen molar-refractivity contribution in [2.75, 3.05) is 19.8 Å². The standard InChI is InChI=1S/C16H27N3O2/c1-12(2)19-10-13(8-17-19)9-18-6-3-4-15(18)14-11-21-7-5-16(14)20/h8,10,12,14-16,20H,3-7,9,11H2,1-2H3/t14-,15+,16+/m0/s1. The van der Waals surface area contributed by atoms with Crippen LogP contribution >= 0.6 is 0 Å². The number of hydrogen-bond donors (Lipinski definition) is 1. The van der Waals surface area contributed by atoms with Gasteiger partial charge in [0.1, 0.15) is 0 Å². The van der Waals surface area contributed by atoms with Crippen LogP contribution in [0.2, 0.25) is 0 Å². The number of aromatic nitrogens is 2. The second-order valence-electron chi connectivity index (χ2n) is 6.70. The van der Waals surface area contributed by atoms with Crippen molar-refractivity contribution in [2.24, 2.45) is 5.92 Å². The van der Waals surface area contributed by atoms with Gasteiger partial charge in [-0.25, -0.2) is 0 Å². The Morgan fingerprint density at radius 1 is 1.43 bits per heavy atom. The lowest BCUT2D eigenvalue weighted by atomic mass is 9.89. The smallest absolute Gasteiger partial charge is 0.0627 e. The van der Waals surface area contributed by atoms with Crippen molar-refractivity contribution < 1.29 is 9.84 Å². The molecule has 0 aliphatic carbocycles. The first-order valence-electron chi connectivity index (χ1n) is 8.18. The topological polar surface area (TPSA) is 50.5 Å². The van der Waals surface area contributed by atoms with Crippen LogP contribution in [0.25, 0.3) is 0 Å². The van der Waals surface area contributed by atoms with Gasteiger partial charge in [-0.2, -0.15) is 5.10 Å². The van der Waals surface area contributed by atoms with E-state index >= 15 is 0 Å². The van der Waals surface area contributed by atoms with Gasteiger partial charge < -0.3 is 9.84 Å². The molecule has 2 fully saturated rings. The maximum absolute atomic E-state index is 10.3. The first-order valence-corrected chi connectivity index (χ1v) is 8.18. The molecule has 3 atom stereocenters. The second kappa shape index (κ2) is 6.46. The quantitative estimate of drug-likeness (QED) is 0.920. The minimum absolute atomic E-state index is 0.206. The van der Waals surface area contributed by atoms with Crippen molar-refractivity contribution in [3.05, 3.63) is 18.0 Å². The molecule has 0 aromatic carbocycles. The highest BCUT2D eigenvalue weighted by molar-refractivity contribution is 5.06. The maximum atomic E-state index is 10.3. The molecule has 5 heteroatoms. The molecule has 0 saturated carbocycles. The summed E-state index contributed by atoms with van der Waals surface area (Å²) in [4.78, 5) is 2.50. The summed E-state index contributed by atoms with van der Waals surface area (Å²) in [5.74, 6) is 0.265. The fraction of sp³-hybridized carbons (Fsp3) is 0.812. The van der Waals surface area contributed by atoms with Crippen LogP contribution in [-0.2, 0) is 11.3 Å². The van der Waals surface area contributed by atoms with Gasteiger partial charge >= 0.3 is 0 Å². The van der Waals surface area contributed by atoms with Gasteiger partial charge in [0.25, 0.3) is 0 Å². The fourth-order valence-corrected chi connectivity index (χ4v) is 3.63. The zero-order chi connectivity index (χ0) is 14.8. The molecule has 0 unspecified atom stereocenters. The van der Waals surface area contributed by atoms with Crippen molar-refractivity contribution >= 4 is 0 Å². The molecule has 0 radical (unpaired) electrons. The van der Waals surface area contributed by atoms with Gasteiger partial charge in [-0.05, 0) is 39.7 Å². The number of rotatable bonds is 4. The lowest BCUT2D eigenvalue weighted by Crippen LogP contribution is -2.45. The number of ether oxygens (including phenoxy) is 1. The summed E-state index contributed by atoms with van der Waals surface area (Å²) in [5.41, 5.74) is 1.27. The highest BCUT2D eigenvalue weighted by Crippen LogP contribution is 2.30. The fourth-order valence-electron chi connectivity index (χ4n) is 3.63. The number of nitrogens with zero attached hydrogens (tertiary/aromatic N) is 3. The summed E-state index contributed by atoms with van der Waals surface area (Å²) < 4.78 is 7.61. The second-order valence-corrected chi connectivity index (χ2v) is 6.70. The van der Waals surface area contributed by atoms with Crippen molar-refractivity contribution in [3.63, 3.8) is 0 Å². The molecule has 2 aliphatic heterocycles. The normalized spacial score (nSPS) is 31.1. The molecule has 0 spiro atoms. The summed E-state index contributed by atoms with van der Waals surface area (Å²) in [5, 5.41) is 14.7. The van der Waals surface area contributed by atoms with Crippen molar-refractivity contribution in [3.8, 4) is 0 Å².